The SMILES string of the molecule is CCCN(CCC)C(=O)NCC(c1ccccc1)N1C(=O)C2C3C=CC(C3)C2C1=O. The molecule has 4 rings (SSSR count). The largest absolute Gasteiger partial charge is 0.336 e. The van der Waals surface area contributed by atoms with Crippen molar-refractivity contribution in [3.05, 3.63) is 48.0 Å². The molecule has 1 aromatic rings. The minimum atomic E-state index is -0.481. The Morgan fingerprint density at radius 3 is 2.13 bits per heavy atom. The van der Waals surface area contributed by atoms with Crippen LogP contribution in [0.3, 0.4) is 0 Å². The first-order valence-electron chi connectivity index (χ1n) is 11.2. The summed E-state index contributed by atoms with van der Waals surface area (Å²) < 4.78 is 0. The lowest BCUT2D eigenvalue weighted by Gasteiger charge is -2.30. The van der Waals surface area contributed by atoms with E-state index in [1.54, 1.807) is 4.90 Å². The van der Waals surface area contributed by atoms with Gasteiger partial charge in [0.1, 0.15) is 0 Å². The van der Waals surface area contributed by atoms with Gasteiger partial charge in [-0.25, -0.2) is 4.79 Å². The molecule has 30 heavy (non-hydrogen) atoms. The number of rotatable bonds is 8. The third-order valence-electron chi connectivity index (χ3n) is 6.72. The molecule has 1 N–H and O–H groups in total. The van der Waals surface area contributed by atoms with Crippen molar-refractivity contribution < 1.29 is 14.4 Å². The fraction of sp³-hybridized carbons (Fsp3) is 0.542. The number of hydrogen-bond donors (Lipinski definition) is 1. The lowest BCUT2D eigenvalue weighted by atomic mass is 9.85. The second-order valence-corrected chi connectivity index (χ2v) is 8.65. The van der Waals surface area contributed by atoms with Crippen molar-refractivity contribution >= 4 is 17.8 Å². The molecule has 4 amide bonds. The van der Waals surface area contributed by atoms with Gasteiger partial charge in [0.2, 0.25) is 11.8 Å². The van der Waals surface area contributed by atoms with Gasteiger partial charge in [0.15, 0.2) is 0 Å². The third-order valence-corrected chi connectivity index (χ3v) is 6.72. The number of allylic oxidation sites excluding steroid dienone is 2. The molecule has 0 radical (unpaired) electrons. The van der Waals surface area contributed by atoms with Gasteiger partial charge in [-0.2, -0.15) is 0 Å². The summed E-state index contributed by atoms with van der Waals surface area (Å²) in [4.78, 5) is 42.7. The number of likely N-dealkylation sites (tertiary alicyclic amines) is 1. The van der Waals surface area contributed by atoms with E-state index < -0.39 is 6.04 Å². The molecule has 3 aliphatic rings. The van der Waals surface area contributed by atoms with Gasteiger partial charge < -0.3 is 10.2 Å². The maximum atomic E-state index is 13.3. The lowest BCUT2D eigenvalue weighted by Crippen LogP contribution is -2.46. The first-order valence-corrected chi connectivity index (χ1v) is 11.2. The zero-order chi connectivity index (χ0) is 21.3. The molecule has 1 saturated carbocycles. The van der Waals surface area contributed by atoms with Crippen LogP contribution in [0.2, 0.25) is 0 Å². The maximum Gasteiger partial charge on any atom is 0.317 e. The highest BCUT2D eigenvalue weighted by atomic mass is 16.2. The summed E-state index contributed by atoms with van der Waals surface area (Å²) in [7, 11) is 0. The van der Waals surface area contributed by atoms with E-state index in [0.717, 1.165) is 24.8 Å². The molecular formula is C24H31N3O3. The van der Waals surface area contributed by atoms with E-state index in [4.69, 9.17) is 0 Å². The molecule has 2 bridgehead atoms. The Labute approximate surface area is 178 Å². The number of amides is 4. The van der Waals surface area contributed by atoms with E-state index >= 15 is 0 Å². The van der Waals surface area contributed by atoms with Gasteiger partial charge in [-0.15, -0.1) is 0 Å². The number of carbonyl (C=O) groups is 3. The van der Waals surface area contributed by atoms with E-state index in [1.165, 1.54) is 4.90 Å². The molecule has 6 heteroatoms. The van der Waals surface area contributed by atoms with Gasteiger partial charge in [-0.05, 0) is 36.7 Å². The van der Waals surface area contributed by atoms with Crippen molar-refractivity contribution in [2.75, 3.05) is 19.6 Å². The van der Waals surface area contributed by atoms with Crippen LogP contribution >= 0.6 is 0 Å². The normalized spacial score (nSPS) is 27.5. The Balaban J connectivity index is 1.55. The number of nitrogens with one attached hydrogen (secondary N) is 1. The standard InChI is InChI=1S/C24H31N3O3/c1-3-12-26(13-4-2)24(30)25-15-19(16-8-6-5-7-9-16)27-22(28)20-17-10-11-18(14-17)21(20)23(27)29/h5-11,17-21H,3-4,12-15H2,1-2H3,(H,25,30). The summed E-state index contributed by atoms with van der Waals surface area (Å²) in [6.07, 6.45) is 6.90. The number of urea groups is 1. The van der Waals surface area contributed by atoms with Crippen molar-refractivity contribution in [2.45, 2.75) is 39.2 Å². The average molecular weight is 410 g/mol. The smallest absolute Gasteiger partial charge is 0.317 e. The highest BCUT2D eigenvalue weighted by Gasteiger charge is 2.60. The van der Waals surface area contributed by atoms with E-state index in [1.807, 2.05) is 44.2 Å². The van der Waals surface area contributed by atoms with Crippen LogP contribution in [0.1, 0.15) is 44.7 Å². The van der Waals surface area contributed by atoms with Gasteiger partial charge in [0.25, 0.3) is 0 Å². The number of nitrogens with zero attached hydrogens (tertiary/aromatic N) is 2. The zero-order valence-electron chi connectivity index (χ0n) is 17.8. The molecule has 6 nitrogen and oxygen atoms in total. The van der Waals surface area contributed by atoms with Gasteiger partial charge in [0.05, 0.1) is 17.9 Å². The maximum absolute atomic E-state index is 13.3. The summed E-state index contributed by atoms with van der Waals surface area (Å²) in [5, 5.41) is 3.00. The lowest BCUT2D eigenvalue weighted by molar-refractivity contribution is -0.143. The van der Waals surface area contributed by atoms with Crippen molar-refractivity contribution in [1.82, 2.24) is 15.1 Å². The summed E-state index contributed by atoms with van der Waals surface area (Å²) in [5.41, 5.74) is 0.873. The molecule has 0 spiro atoms. The van der Waals surface area contributed by atoms with Gasteiger partial charge in [-0.3, -0.25) is 14.5 Å². The Bertz CT molecular complexity index is 801. The molecular weight excluding hydrogens is 378 g/mol. The molecule has 1 aliphatic heterocycles. The van der Waals surface area contributed by atoms with Crippen molar-refractivity contribution in [1.29, 1.82) is 0 Å². The summed E-state index contributed by atoms with van der Waals surface area (Å²) in [6, 6.07) is 8.95. The van der Waals surface area contributed by atoms with E-state index in [-0.39, 0.29) is 48.1 Å². The highest BCUT2D eigenvalue weighted by Crippen LogP contribution is 2.53. The monoisotopic (exact) mass is 409 g/mol. The molecule has 2 fully saturated rings. The summed E-state index contributed by atoms with van der Waals surface area (Å²) >= 11 is 0. The van der Waals surface area contributed by atoms with Crippen LogP contribution < -0.4 is 5.32 Å². The second kappa shape index (κ2) is 8.62. The number of fused-ring (bicyclic) bond motifs is 5. The number of benzene rings is 1. The van der Waals surface area contributed by atoms with Gasteiger partial charge >= 0.3 is 6.03 Å². The molecule has 1 saturated heterocycles. The van der Waals surface area contributed by atoms with Crippen molar-refractivity contribution in [2.24, 2.45) is 23.7 Å². The van der Waals surface area contributed by atoms with Crippen LogP contribution in [0.4, 0.5) is 4.79 Å². The molecule has 2 aliphatic carbocycles. The van der Waals surface area contributed by atoms with Crippen LogP contribution in [0.25, 0.3) is 0 Å². The minimum absolute atomic E-state index is 0.0797. The van der Waals surface area contributed by atoms with Gasteiger partial charge in [-0.1, -0.05) is 56.3 Å². The first-order chi connectivity index (χ1) is 14.6. The van der Waals surface area contributed by atoms with E-state index in [2.05, 4.69) is 17.5 Å². The molecule has 5 unspecified atom stereocenters. The van der Waals surface area contributed by atoms with Crippen LogP contribution in [-0.2, 0) is 9.59 Å². The van der Waals surface area contributed by atoms with Crippen LogP contribution in [0, 0.1) is 23.7 Å². The topological polar surface area (TPSA) is 69.7 Å². The fourth-order valence-corrected chi connectivity index (χ4v) is 5.42. The van der Waals surface area contributed by atoms with E-state index in [9.17, 15) is 14.4 Å². The van der Waals surface area contributed by atoms with Crippen molar-refractivity contribution in [3.63, 3.8) is 0 Å². The van der Waals surface area contributed by atoms with Crippen LogP contribution in [0.5, 0.6) is 0 Å². The summed E-state index contributed by atoms with van der Waals surface area (Å²) in [6.45, 7) is 5.70. The number of hydrogen-bond acceptors (Lipinski definition) is 3. The second-order valence-electron chi connectivity index (χ2n) is 8.65. The highest BCUT2D eigenvalue weighted by molar-refractivity contribution is 6.06. The molecule has 1 aromatic carbocycles. The minimum Gasteiger partial charge on any atom is -0.336 e. The fourth-order valence-electron chi connectivity index (χ4n) is 5.42. The first kappa shape index (κ1) is 20.6. The van der Waals surface area contributed by atoms with Crippen LogP contribution in [-0.4, -0.2) is 47.3 Å². The number of carbonyl (C=O) groups excluding carboxylic acids is 3. The molecule has 1 heterocycles. The van der Waals surface area contributed by atoms with Gasteiger partial charge in [0, 0.05) is 19.6 Å². The van der Waals surface area contributed by atoms with Crippen molar-refractivity contribution in [3.8, 4) is 0 Å². The Kier molecular flexibility index (Phi) is 5.93. The number of imide groups is 1. The molecule has 0 aromatic heterocycles. The predicted molar refractivity (Wildman–Crippen MR) is 114 cm³/mol. The molecule has 160 valence electrons. The summed E-state index contributed by atoms with van der Waals surface area (Å²) in [5.74, 6) is -0.265. The Morgan fingerprint density at radius 2 is 1.60 bits per heavy atom. The zero-order valence-corrected chi connectivity index (χ0v) is 17.8. The quantitative estimate of drug-likeness (QED) is 0.529. The Hall–Kier alpha value is -2.63. The molecule has 5 atom stereocenters. The average Bonchev–Trinajstić information content (AvgIpc) is 3.44. The Morgan fingerprint density at radius 1 is 1.03 bits per heavy atom. The predicted octanol–water partition coefficient (Wildman–Crippen LogP) is 3.37. The van der Waals surface area contributed by atoms with Crippen LogP contribution in [0.15, 0.2) is 42.5 Å². The third kappa shape index (κ3) is 3.53. The van der Waals surface area contributed by atoms with E-state index in [0.29, 0.717) is 13.1 Å².